The Labute approximate surface area is 106 Å². The Balaban J connectivity index is 3.22. The SMILES string of the molecule is CCC(CC)(C(=O)OC)c1ccc([N+](=O)[O-])cc1. The van der Waals surface area contributed by atoms with Gasteiger partial charge in [0.2, 0.25) is 0 Å². The van der Waals surface area contributed by atoms with E-state index in [1.165, 1.54) is 19.2 Å². The summed E-state index contributed by atoms with van der Waals surface area (Å²) in [4.78, 5) is 22.1. The minimum Gasteiger partial charge on any atom is -0.468 e. The molecular formula is C13H17NO4. The summed E-state index contributed by atoms with van der Waals surface area (Å²) < 4.78 is 4.86. The van der Waals surface area contributed by atoms with Crippen LogP contribution in [-0.4, -0.2) is 18.0 Å². The fourth-order valence-electron chi connectivity index (χ4n) is 2.16. The van der Waals surface area contributed by atoms with Crippen LogP contribution in [0.5, 0.6) is 0 Å². The van der Waals surface area contributed by atoms with Gasteiger partial charge in [-0.2, -0.15) is 0 Å². The van der Waals surface area contributed by atoms with Crippen LogP contribution in [0.1, 0.15) is 32.3 Å². The van der Waals surface area contributed by atoms with Crippen LogP contribution < -0.4 is 0 Å². The Morgan fingerprint density at radius 2 is 1.78 bits per heavy atom. The molecule has 0 aromatic heterocycles. The third-order valence-corrected chi connectivity index (χ3v) is 3.41. The van der Waals surface area contributed by atoms with E-state index in [1.807, 2.05) is 13.8 Å². The van der Waals surface area contributed by atoms with Gasteiger partial charge in [0, 0.05) is 12.1 Å². The van der Waals surface area contributed by atoms with Gasteiger partial charge in [0.1, 0.15) is 0 Å². The number of benzene rings is 1. The second-order valence-corrected chi connectivity index (χ2v) is 4.08. The summed E-state index contributed by atoms with van der Waals surface area (Å²) in [6.07, 6.45) is 1.18. The van der Waals surface area contributed by atoms with Crippen molar-refractivity contribution in [1.82, 2.24) is 0 Å². The molecule has 0 unspecified atom stereocenters. The fourth-order valence-corrected chi connectivity index (χ4v) is 2.16. The largest absolute Gasteiger partial charge is 0.468 e. The van der Waals surface area contributed by atoms with Crippen molar-refractivity contribution in [2.24, 2.45) is 0 Å². The quantitative estimate of drug-likeness (QED) is 0.458. The molecule has 0 aliphatic carbocycles. The Kier molecular flexibility index (Phi) is 4.42. The standard InChI is InChI=1S/C13H17NO4/c1-4-13(5-2,12(15)18-3)10-6-8-11(9-7-10)14(16)17/h6-9H,4-5H2,1-3H3. The topological polar surface area (TPSA) is 69.4 Å². The molecule has 0 bridgehead atoms. The predicted octanol–water partition coefficient (Wildman–Crippen LogP) is 2.83. The molecule has 98 valence electrons. The number of nitro groups is 1. The summed E-state index contributed by atoms with van der Waals surface area (Å²) >= 11 is 0. The van der Waals surface area contributed by atoms with Crippen LogP contribution in [0.25, 0.3) is 0 Å². The number of nitro benzene ring substituents is 1. The van der Waals surface area contributed by atoms with Crippen LogP contribution in [0.15, 0.2) is 24.3 Å². The number of nitrogens with zero attached hydrogens (tertiary/aromatic N) is 1. The van der Waals surface area contributed by atoms with Crippen molar-refractivity contribution in [3.05, 3.63) is 39.9 Å². The molecule has 1 rings (SSSR count). The summed E-state index contributed by atoms with van der Waals surface area (Å²) in [5.41, 5.74) is 0.0545. The third-order valence-electron chi connectivity index (χ3n) is 3.41. The lowest BCUT2D eigenvalue weighted by Crippen LogP contribution is -2.35. The Hall–Kier alpha value is -1.91. The minimum absolute atomic E-state index is 0.0183. The molecule has 5 nitrogen and oxygen atoms in total. The van der Waals surface area contributed by atoms with Gasteiger partial charge in [-0.15, -0.1) is 0 Å². The lowest BCUT2D eigenvalue weighted by molar-refractivity contribution is -0.384. The molecule has 5 heteroatoms. The minimum atomic E-state index is -0.718. The molecule has 1 aromatic carbocycles. The van der Waals surface area contributed by atoms with Crippen molar-refractivity contribution in [2.75, 3.05) is 7.11 Å². The highest BCUT2D eigenvalue weighted by Crippen LogP contribution is 2.33. The summed E-state index contributed by atoms with van der Waals surface area (Å²) in [6.45, 7) is 3.81. The van der Waals surface area contributed by atoms with Crippen molar-refractivity contribution in [1.29, 1.82) is 0 Å². The molecule has 0 saturated heterocycles. The maximum Gasteiger partial charge on any atom is 0.316 e. The van der Waals surface area contributed by atoms with E-state index < -0.39 is 10.3 Å². The van der Waals surface area contributed by atoms with E-state index in [-0.39, 0.29) is 11.7 Å². The first-order chi connectivity index (χ1) is 8.51. The molecule has 0 atom stereocenters. The van der Waals surface area contributed by atoms with Crippen LogP contribution in [0.4, 0.5) is 5.69 Å². The van der Waals surface area contributed by atoms with Gasteiger partial charge in [-0.05, 0) is 18.4 Å². The van der Waals surface area contributed by atoms with E-state index >= 15 is 0 Å². The van der Waals surface area contributed by atoms with E-state index in [0.29, 0.717) is 12.8 Å². The van der Waals surface area contributed by atoms with Gasteiger partial charge in [0.05, 0.1) is 17.4 Å². The number of hydrogen-bond acceptors (Lipinski definition) is 4. The van der Waals surface area contributed by atoms with Crippen molar-refractivity contribution < 1.29 is 14.5 Å². The third kappa shape index (κ3) is 2.34. The number of methoxy groups -OCH3 is 1. The van der Waals surface area contributed by atoms with Gasteiger partial charge in [0.25, 0.3) is 5.69 Å². The van der Waals surface area contributed by atoms with Gasteiger partial charge in [-0.25, -0.2) is 0 Å². The normalized spacial score (nSPS) is 11.1. The highest BCUT2D eigenvalue weighted by atomic mass is 16.6. The van der Waals surface area contributed by atoms with Gasteiger partial charge in [-0.3, -0.25) is 14.9 Å². The smallest absolute Gasteiger partial charge is 0.316 e. The van der Waals surface area contributed by atoms with Crippen LogP contribution in [0.2, 0.25) is 0 Å². The van der Waals surface area contributed by atoms with Crippen molar-refractivity contribution in [3.8, 4) is 0 Å². The maximum absolute atomic E-state index is 12.0. The molecule has 0 aliphatic heterocycles. The Bertz CT molecular complexity index is 435. The first-order valence-corrected chi connectivity index (χ1v) is 5.85. The molecule has 18 heavy (non-hydrogen) atoms. The number of esters is 1. The van der Waals surface area contributed by atoms with E-state index in [4.69, 9.17) is 4.74 Å². The molecule has 0 aliphatic rings. The van der Waals surface area contributed by atoms with Gasteiger partial charge in [0.15, 0.2) is 0 Å². The van der Waals surface area contributed by atoms with Crippen LogP contribution >= 0.6 is 0 Å². The summed E-state index contributed by atoms with van der Waals surface area (Å²) in [6, 6.07) is 6.08. The Morgan fingerprint density at radius 3 is 2.11 bits per heavy atom. The molecule has 0 spiro atoms. The van der Waals surface area contributed by atoms with Gasteiger partial charge < -0.3 is 4.74 Å². The zero-order chi connectivity index (χ0) is 13.8. The summed E-state index contributed by atoms with van der Waals surface area (Å²) in [5, 5.41) is 10.6. The molecule has 0 N–H and O–H groups in total. The monoisotopic (exact) mass is 251 g/mol. The van der Waals surface area contributed by atoms with E-state index in [2.05, 4.69) is 0 Å². The van der Waals surface area contributed by atoms with Crippen LogP contribution in [0.3, 0.4) is 0 Å². The highest BCUT2D eigenvalue weighted by molar-refractivity contribution is 5.83. The maximum atomic E-state index is 12.0. The predicted molar refractivity (Wildman–Crippen MR) is 67.4 cm³/mol. The number of carbonyl (C=O) groups excluding carboxylic acids is 1. The fraction of sp³-hybridized carbons (Fsp3) is 0.462. The number of carbonyl (C=O) groups is 1. The molecule has 0 heterocycles. The first-order valence-electron chi connectivity index (χ1n) is 5.85. The lowest BCUT2D eigenvalue weighted by Gasteiger charge is -2.28. The molecule has 0 saturated carbocycles. The molecule has 0 amide bonds. The average Bonchev–Trinajstić information content (AvgIpc) is 2.41. The summed E-state index contributed by atoms with van der Waals surface area (Å²) in [5.74, 6) is -0.304. The molecule has 0 fully saturated rings. The van der Waals surface area contributed by atoms with E-state index in [0.717, 1.165) is 5.56 Å². The number of ether oxygens (including phenoxy) is 1. The van der Waals surface area contributed by atoms with Crippen LogP contribution in [0, 0.1) is 10.1 Å². The number of hydrogen-bond donors (Lipinski definition) is 0. The second kappa shape index (κ2) is 5.62. The van der Waals surface area contributed by atoms with Crippen molar-refractivity contribution in [2.45, 2.75) is 32.1 Å². The van der Waals surface area contributed by atoms with Crippen molar-refractivity contribution >= 4 is 11.7 Å². The second-order valence-electron chi connectivity index (χ2n) is 4.08. The zero-order valence-electron chi connectivity index (χ0n) is 10.8. The number of non-ortho nitro benzene ring substituents is 1. The van der Waals surface area contributed by atoms with Crippen LogP contribution in [-0.2, 0) is 14.9 Å². The van der Waals surface area contributed by atoms with E-state index in [9.17, 15) is 14.9 Å². The van der Waals surface area contributed by atoms with E-state index in [1.54, 1.807) is 12.1 Å². The highest BCUT2D eigenvalue weighted by Gasteiger charge is 2.38. The van der Waals surface area contributed by atoms with Gasteiger partial charge >= 0.3 is 5.97 Å². The molecular weight excluding hydrogens is 234 g/mol. The zero-order valence-corrected chi connectivity index (χ0v) is 10.8. The first kappa shape index (κ1) is 14.2. The molecule has 0 radical (unpaired) electrons. The lowest BCUT2D eigenvalue weighted by atomic mass is 9.76. The average molecular weight is 251 g/mol. The van der Waals surface area contributed by atoms with Crippen molar-refractivity contribution in [3.63, 3.8) is 0 Å². The Morgan fingerprint density at radius 1 is 1.28 bits per heavy atom. The number of rotatable bonds is 5. The summed E-state index contributed by atoms with van der Waals surface area (Å²) in [7, 11) is 1.35. The van der Waals surface area contributed by atoms with Gasteiger partial charge in [-0.1, -0.05) is 26.0 Å². The molecule has 1 aromatic rings.